The van der Waals surface area contributed by atoms with Crippen LogP contribution in [0.5, 0.6) is 0 Å². The van der Waals surface area contributed by atoms with E-state index in [1.165, 1.54) is 6.26 Å². The fourth-order valence-corrected chi connectivity index (χ4v) is 2.49. The van der Waals surface area contributed by atoms with E-state index in [-0.39, 0.29) is 5.75 Å². The van der Waals surface area contributed by atoms with Crippen molar-refractivity contribution < 1.29 is 8.42 Å². The number of hydrogen-bond acceptors (Lipinski definition) is 4. The highest BCUT2D eigenvalue weighted by atomic mass is 32.2. The second-order valence-electron chi connectivity index (χ2n) is 5.34. The summed E-state index contributed by atoms with van der Waals surface area (Å²) in [4.78, 5) is 6.52. The van der Waals surface area contributed by atoms with Crippen LogP contribution in [0.1, 0.15) is 33.6 Å². The van der Waals surface area contributed by atoms with E-state index in [9.17, 15) is 8.42 Å². The van der Waals surface area contributed by atoms with E-state index in [0.717, 1.165) is 32.5 Å². The van der Waals surface area contributed by atoms with Gasteiger partial charge in [0.15, 0.2) is 5.96 Å². The molecule has 0 aromatic carbocycles. The zero-order valence-electron chi connectivity index (χ0n) is 14.1. The van der Waals surface area contributed by atoms with Crippen molar-refractivity contribution in [1.82, 2.24) is 15.5 Å². The molecular formula is C14H32N4O2S. The molecule has 6 nitrogen and oxygen atoms in total. The standard InChI is InChI=1S/C14H32N4O2S/c1-6-18(7-2)11-8-9-13(3)17-14(15-4)16-10-12-21(5,19)20/h13H,6-12H2,1-5H3,(H2,15,16,17). The Balaban J connectivity index is 3.97. The molecule has 0 aliphatic heterocycles. The molecule has 0 aliphatic carbocycles. The Morgan fingerprint density at radius 3 is 2.38 bits per heavy atom. The summed E-state index contributed by atoms with van der Waals surface area (Å²) < 4.78 is 22.2. The van der Waals surface area contributed by atoms with E-state index < -0.39 is 9.84 Å². The fourth-order valence-electron chi connectivity index (χ4n) is 2.02. The quantitative estimate of drug-likeness (QED) is 0.458. The van der Waals surface area contributed by atoms with Gasteiger partial charge in [-0.15, -0.1) is 0 Å². The normalized spacial score (nSPS) is 14.3. The van der Waals surface area contributed by atoms with Crippen molar-refractivity contribution in [2.24, 2.45) is 4.99 Å². The van der Waals surface area contributed by atoms with Gasteiger partial charge in [-0.1, -0.05) is 13.8 Å². The third-order valence-corrected chi connectivity index (χ3v) is 4.32. The van der Waals surface area contributed by atoms with Gasteiger partial charge in [-0.3, -0.25) is 4.99 Å². The van der Waals surface area contributed by atoms with Crippen molar-refractivity contribution in [3.05, 3.63) is 0 Å². The lowest BCUT2D eigenvalue weighted by molar-refractivity contribution is 0.292. The molecule has 21 heavy (non-hydrogen) atoms. The van der Waals surface area contributed by atoms with Crippen molar-refractivity contribution in [3.8, 4) is 0 Å². The van der Waals surface area contributed by atoms with Crippen molar-refractivity contribution in [3.63, 3.8) is 0 Å². The molecule has 2 N–H and O–H groups in total. The Morgan fingerprint density at radius 1 is 1.29 bits per heavy atom. The average molecular weight is 321 g/mol. The number of rotatable bonds is 10. The lowest BCUT2D eigenvalue weighted by Crippen LogP contribution is -2.43. The molecule has 1 atom stereocenters. The minimum absolute atomic E-state index is 0.115. The van der Waals surface area contributed by atoms with Crippen LogP contribution in [0.2, 0.25) is 0 Å². The van der Waals surface area contributed by atoms with Crippen LogP contribution in [0.15, 0.2) is 4.99 Å². The summed E-state index contributed by atoms with van der Waals surface area (Å²) in [5.74, 6) is 0.776. The number of nitrogens with one attached hydrogen (secondary N) is 2. The van der Waals surface area contributed by atoms with Crippen molar-refractivity contribution in [2.75, 3.05) is 45.2 Å². The van der Waals surface area contributed by atoms with Gasteiger partial charge in [0.1, 0.15) is 9.84 Å². The van der Waals surface area contributed by atoms with E-state index in [0.29, 0.717) is 18.5 Å². The summed E-state index contributed by atoms with van der Waals surface area (Å²) in [7, 11) is -1.24. The van der Waals surface area contributed by atoms with Crippen LogP contribution in [-0.4, -0.2) is 70.6 Å². The molecule has 0 radical (unpaired) electrons. The molecule has 0 fully saturated rings. The zero-order chi connectivity index (χ0) is 16.3. The summed E-state index contributed by atoms with van der Waals surface area (Å²) in [6.45, 7) is 10.1. The smallest absolute Gasteiger partial charge is 0.191 e. The van der Waals surface area contributed by atoms with Crippen LogP contribution >= 0.6 is 0 Å². The second kappa shape index (κ2) is 10.8. The molecule has 126 valence electrons. The highest BCUT2D eigenvalue weighted by Gasteiger charge is 2.07. The van der Waals surface area contributed by atoms with Gasteiger partial charge in [-0.05, 0) is 39.4 Å². The molecule has 0 heterocycles. The van der Waals surface area contributed by atoms with Gasteiger partial charge < -0.3 is 15.5 Å². The summed E-state index contributed by atoms with van der Waals surface area (Å²) >= 11 is 0. The molecule has 0 spiro atoms. The number of guanidine groups is 1. The van der Waals surface area contributed by atoms with E-state index in [4.69, 9.17) is 0 Å². The largest absolute Gasteiger partial charge is 0.355 e. The number of sulfone groups is 1. The third-order valence-electron chi connectivity index (χ3n) is 3.38. The van der Waals surface area contributed by atoms with Crippen LogP contribution in [0.4, 0.5) is 0 Å². The van der Waals surface area contributed by atoms with Crippen LogP contribution in [0.3, 0.4) is 0 Å². The Morgan fingerprint density at radius 2 is 1.90 bits per heavy atom. The Bertz CT molecular complexity index is 392. The Labute approximate surface area is 130 Å². The molecule has 0 aromatic heterocycles. The van der Waals surface area contributed by atoms with Gasteiger partial charge in [0.05, 0.1) is 5.75 Å². The monoisotopic (exact) mass is 320 g/mol. The maximum atomic E-state index is 11.1. The lowest BCUT2D eigenvalue weighted by Gasteiger charge is -2.21. The predicted octanol–water partition coefficient (Wildman–Crippen LogP) is 0.707. The topological polar surface area (TPSA) is 73.8 Å². The minimum atomic E-state index is -2.94. The molecule has 0 bridgehead atoms. The molecule has 0 saturated heterocycles. The molecule has 0 aromatic rings. The van der Waals surface area contributed by atoms with Gasteiger partial charge in [0.25, 0.3) is 0 Å². The summed E-state index contributed by atoms with van der Waals surface area (Å²) in [6.07, 6.45) is 3.43. The zero-order valence-corrected chi connectivity index (χ0v) is 15.0. The molecule has 0 rings (SSSR count). The molecule has 0 aliphatic rings. The minimum Gasteiger partial charge on any atom is -0.355 e. The van der Waals surface area contributed by atoms with Gasteiger partial charge in [0, 0.05) is 25.9 Å². The SMILES string of the molecule is CCN(CC)CCCC(C)NC(=NC)NCCS(C)(=O)=O. The van der Waals surface area contributed by atoms with Crippen LogP contribution in [0.25, 0.3) is 0 Å². The fraction of sp³-hybridized carbons (Fsp3) is 0.929. The van der Waals surface area contributed by atoms with Crippen LogP contribution in [0, 0.1) is 0 Å². The molecule has 0 amide bonds. The Kier molecular flexibility index (Phi) is 10.4. The maximum absolute atomic E-state index is 11.1. The van der Waals surface area contributed by atoms with Crippen molar-refractivity contribution >= 4 is 15.8 Å². The summed E-state index contributed by atoms with van der Waals surface area (Å²) in [5.41, 5.74) is 0. The van der Waals surface area contributed by atoms with Crippen LogP contribution < -0.4 is 10.6 Å². The van der Waals surface area contributed by atoms with E-state index >= 15 is 0 Å². The first kappa shape index (κ1) is 20.2. The lowest BCUT2D eigenvalue weighted by atomic mass is 10.2. The molecular weight excluding hydrogens is 288 g/mol. The average Bonchev–Trinajstić information content (AvgIpc) is 2.41. The first-order valence-corrected chi connectivity index (χ1v) is 9.75. The number of hydrogen-bond donors (Lipinski definition) is 2. The highest BCUT2D eigenvalue weighted by molar-refractivity contribution is 7.90. The number of aliphatic imine (C=N–C) groups is 1. The van der Waals surface area contributed by atoms with E-state index in [1.807, 2.05) is 0 Å². The second-order valence-corrected chi connectivity index (χ2v) is 7.60. The third kappa shape index (κ3) is 11.5. The van der Waals surface area contributed by atoms with E-state index in [2.05, 4.69) is 41.3 Å². The molecule has 1 unspecified atom stereocenters. The molecule has 7 heteroatoms. The Hall–Kier alpha value is -0.820. The highest BCUT2D eigenvalue weighted by Crippen LogP contribution is 1.99. The van der Waals surface area contributed by atoms with Crippen molar-refractivity contribution in [1.29, 1.82) is 0 Å². The first-order chi connectivity index (χ1) is 9.82. The summed E-state index contributed by atoms with van der Waals surface area (Å²) in [6, 6.07) is 0.310. The summed E-state index contributed by atoms with van der Waals surface area (Å²) in [5, 5.41) is 6.32. The number of nitrogens with zero attached hydrogens (tertiary/aromatic N) is 2. The van der Waals surface area contributed by atoms with Gasteiger partial charge in [-0.25, -0.2) is 8.42 Å². The van der Waals surface area contributed by atoms with E-state index in [1.54, 1.807) is 7.05 Å². The van der Waals surface area contributed by atoms with Gasteiger partial charge >= 0.3 is 0 Å². The first-order valence-electron chi connectivity index (χ1n) is 7.69. The molecule has 0 saturated carbocycles. The van der Waals surface area contributed by atoms with Gasteiger partial charge in [0.2, 0.25) is 0 Å². The maximum Gasteiger partial charge on any atom is 0.191 e. The van der Waals surface area contributed by atoms with Crippen LogP contribution in [-0.2, 0) is 9.84 Å². The van der Waals surface area contributed by atoms with Gasteiger partial charge in [-0.2, -0.15) is 0 Å². The van der Waals surface area contributed by atoms with Crippen molar-refractivity contribution in [2.45, 2.75) is 39.7 Å². The predicted molar refractivity (Wildman–Crippen MR) is 90.7 cm³/mol.